The molecule has 0 aliphatic carbocycles. The quantitative estimate of drug-likeness (QED) is 0.0556. The second-order valence-electron chi connectivity index (χ2n) is 11.3. The summed E-state index contributed by atoms with van der Waals surface area (Å²) >= 11 is 7.70. The number of hydrogen-bond acceptors (Lipinski definition) is 8. The van der Waals surface area contributed by atoms with Gasteiger partial charge in [-0.1, -0.05) is 107 Å². The van der Waals surface area contributed by atoms with E-state index in [1.807, 2.05) is 86.7 Å². The first-order chi connectivity index (χ1) is 25.6. The van der Waals surface area contributed by atoms with Crippen molar-refractivity contribution in [3.8, 4) is 0 Å². The van der Waals surface area contributed by atoms with Crippen molar-refractivity contribution in [3.05, 3.63) is 84.2 Å². The molecule has 2 aliphatic heterocycles. The SMILES string of the molecule is C=CN(C=N)Cc1cccc(NC=O)c1.CC.CC.CC.CC(C)(C)OC(=O)N1CCNCC1.CCc1ccccc1NC1=CCC(Br)C=NC1.NCl. The van der Waals surface area contributed by atoms with Crippen molar-refractivity contribution >= 4 is 64.1 Å². The van der Waals surface area contributed by atoms with E-state index in [2.05, 4.69) is 97.7 Å². The van der Waals surface area contributed by atoms with Crippen molar-refractivity contribution in [2.45, 2.75) is 99.1 Å². The molecule has 6 N–H and O–H groups in total. The smallest absolute Gasteiger partial charge is 0.410 e. The molecule has 2 heterocycles. The number of alkyl halides is 1. The van der Waals surface area contributed by atoms with Crippen LogP contribution in [0.2, 0.25) is 0 Å². The number of amides is 2. The van der Waals surface area contributed by atoms with Crippen LogP contribution in [0, 0.1) is 5.41 Å². The molecule has 2 amide bonds. The number of piperazine rings is 1. The molecule has 4 rings (SSSR count). The normalized spacial score (nSPS) is 13.9. The summed E-state index contributed by atoms with van der Waals surface area (Å²) in [4.78, 5) is 29.9. The lowest BCUT2D eigenvalue weighted by Gasteiger charge is -2.30. The molecule has 1 saturated heterocycles. The van der Waals surface area contributed by atoms with Crippen LogP contribution in [0.25, 0.3) is 0 Å². The Labute approximate surface area is 334 Å². The van der Waals surface area contributed by atoms with Gasteiger partial charge in [0.2, 0.25) is 6.41 Å². The van der Waals surface area contributed by atoms with Gasteiger partial charge in [-0.25, -0.2) is 10.0 Å². The number of aryl methyl sites for hydroxylation is 1. The number of aliphatic imine (C=N–C) groups is 1. The molecule has 1 unspecified atom stereocenters. The van der Waals surface area contributed by atoms with Gasteiger partial charge in [0.05, 0.1) is 17.7 Å². The summed E-state index contributed by atoms with van der Waals surface area (Å²) in [6, 6.07) is 15.9. The van der Waals surface area contributed by atoms with E-state index in [9.17, 15) is 9.59 Å². The molecule has 13 heteroatoms. The van der Waals surface area contributed by atoms with E-state index < -0.39 is 0 Å². The largest absolute Gasteiger partial charge is 0.444 e. The van der Waals surface area contributed by atoms with Crippen molar-refractivity contribution in [3.63, 3.8) is 0 Å². The number of anilines is 2. The molecule has 0 radical (unpaired) electrons. The molecule has 300 valence electrons. The molecule has 0 aromatic heterocycles. The summed E-state index contributed by atoms with van der Waals surface area (Å²) in [5.41, 5.74) is 5.09. The van der Waals surface area contributed by atoms with Gasteiger partial charge in [0.15, 0.2) is 0 Å². The Balaban J connectivity index is -0.000000649. The predicted molar refractivity (Wildman–Crippen MR) is 234 cm³/mol. The van der Waals surface area contributed by atoms with Crippen LogP contribution in [-0.4, -0.2) is 78.0 Å². The molecule has 2 aromatic carbocycles. The first kappa shape index (κ1) is 53.6. The Morgan fingerprint density at radius 1 is 1.11 bits per heavy atom. The number of rotatable bonds is 9. The summed E-state index contributed by atoms with van der Waals surface area (Å²) in [5, 5.41) is 20.3. The highest BCUT2D eigenvalue weighted by atomic mass is 79.9. The number of nitrogens with zero attached hydrogens (tertiary/aromatic N) is 3. The van der Waals surface area contributed by atoms with Crippen molar-refractivity contribution < 1.29 is 14.3 Å². The Hall–Kier alpha value is -3.71. The third-order valence-corrected chi connectivity index (χ3v) is 7.11. The average Bonchev–Trinajstić information content (AvgIpc) is 3.41. The van der Waals surface area contributed by atoms with Gasteiger partial charge < -0.3 is 30.5 Å². The van der Waals surface area contributed by atoms with E-state index in [0.29, 0.717) is 17.8 Å². The van der Waals surface area contributed by atoms with Crippen molar-refractivity contribution in [1.29, 1.82) is 5.41 Å². The highest BCUT2D eigenvalue weighted by molar-refractivity contribution is 9.10. The molecule has 1 atom stereocenters. The lowest BCUT2D eigenvalue weighted by molar-refractivity contribution is -0.105. The number of nitrogens with two attached hydrogens (primary N) is 1. The van der Waals surface area contributed by atoms with Gasteiger partial charge in [-0.15, -0.1) is 0 Å². The van der Waals surface area contributed by atoms with Crippen LogP contribution in [0.3, 0.4) is 0 Å². The minimum Gasteiger partial charge on any atom is -0.444 e. The van der Waals surface area contributed by atoms with E-state index in [4.69, 9.17) is 10.1 Å². The van der Waals surface area contributed by atoms with Gasteiger partial charge in [-0.3, -0.25) is 15.2 Å². The van der Waals surface area contributed by atoms with E-state index in [1.165, 1.54) is 23.3 Å². The maximum absolute atomic E-state index is 11.5. The Morgan fingerprint density at radius 2 is 1.74 bits per heavy atom. The minimum atomic E-state index is -0.387. The standard InChI is InChI=1S/C14H17BrN2.C11H13N3O.C9H18N2O2.3C2H6.ClH2N/c1-2-11-5-3-4-6-14(11)17-13-8-7-12(15)9-16-10-13;1-2-14(8-12)7-10-4-3-5-11(6-10)13-9-15;1-9(2,3)13-8(12)11-6-4-10-5-7-11;4*1-2/h3-6,8-9,12,17H,2,7,10H2,1H3;2-6,8-9,12H,1,7H2,(H,13,15);10H,4-7H2,1-3H3;3*1-2H3;2H2. The molecule has 2 aliphatic rings. The molecule has 11 nitrogen and oxygen atoms in total. The fourth-order valence-corrected chi connectivity index (χ4v) is 4.59. The van der Waals surface area contributed by atoms with Crippen LogP contribution in [0.1, 0.15) is 86.8 Å². The molecule has 0 saturated carbocycles. The van der Waals surface area contributed by atoms with Crippen LogP contribution in [0.4, 0.5) is 16.2 Å². The summed E-state index contributed by atoms with van der Waals surface area (Å²) in [6.07, 6.45) is 9.44. The Kier molecular flexibility index (Phi) is 35.8. The second kappa shape index (κ2) is 35.3. The summed E-state index contributed by atoms with van der Waals surface area (Å²) in [6.45, 7) is 27.9. The maximum Gasteiger partial charge on any atom is 0.410 e. The fraction of sp³-hybridized carbons (Fsp3) is 0.500. The van der Waals surface area contributed by atoms with Gasteiger partial charge in [0.25, 0.3) is 0 Å². The van der Waals surface area contributed by atoms with Crippen LogP contribution in [0.15, 0.2) is 78.1 Å². The monoisotopic (exact) mass is 822 g/mol. The number of carbonyl (C=O) groups is 2. The number of carbonyl (C=O) groups excluding carboxylic acids is 2. The number of halogens is 2. The first-order valence-electron chi connectivity index (χ1n) is 18.3. The maximum atomic E-state index is 11.5. The third kappa shape index (κ3) is 26.7. The predicted octanol–water partition coefficient (Wildman–Crippen LogP) is 9.59. The first-order valence-corrected chi connectivity index (χ1v) is 19.7. The zero-order valence-electron chi connectivity index (χ0n) is 33.8. The van der Waals surface area contributed by atoms with Crippen molar-refractivity contribution in [2.24, 2.45) is 10.2 Å². The van der Waals surface area contributed by atoms with Gasteiger partial charge >= 0.3 is 6.09 Å². The van der Waals surface area contributed by atoms with Gasteiger partial charge in [0, 0.05) is 56.0 Å². The Bertz CT molecular complexity index is 1290. The van der Waals surface area contributed by atoms with Gasteiger partial charge in [0.1, 0.15) is 5.60 Å². The van der Waals surface area contributed by atoms with E-state index in [-0.39, 0.29) is 11.7 Å². The van der Waals surface area contributed by atoms with Crippen LogP contribution in [0.5, 0.6) is 0 Å². The van der Waals surface area contributed by atoms with E-state index in [1.54, 1.807) is 22.1 Å². The van der Waals surface area contributed by atoms with Crippen molar-refractivity contribution in [1.82, 2.24) is 15.1 Å². The molecule has 0 spiro atoms. The molecule has 1 fully saturated rings. The summed E-state index contributed by atoms with van der Waals surface area (Å²) in [5.74, 6) is 0. The van der Waals surface area contributed by atoms with Crippen LogP contribution in [-0.2, 0) is 22.5 Å². The summed E-state index contributed by atoms with van der Waals surface area (Å²) in [7, 11) is 0. The molecule has 0 bridgehead atoms. The number of allylic oxidation sites excluding steroid dienone is 1. The van der Waals surface area contributed by atoms with Crippen molar-refractivity contribution in [2.75, 3.05) is 43.4 Å². The third-order valence-electron chi connectivity index (χ3n) is 6.50. The molecule has 2 aromatic rings. The number of hydrogen-bond donors (Lipinski definition) is 5. The summed E-state index contributed by atoms with van der Waals surface area (Å²) < 4.78 is 5.24. The minimum absolute atomic E-state index is 0.200. The zero-order chi connectivity index (χ0) is 41.1. The number of para-hydroxylation sites is 1. The van der Waals surface area contributed by atoms with Gasteiger partial charge in [-0.2, -0.15) is 0 Å². The number of ether oxygens (including phenoxy) is 1. The van der Waals surface area contributed by atoms with Crippen LogP contribution >= 0.6 is 27.7 Å². The molecule has 53 heavy (non-hydrogen) atoms. The Morgan fingerprint density at radius 3 is 2.28 bits per heavy atom. The number of benzene rings is 2. The van der Waals surface area contributed by atoms with E-state index in [0.717, 1.165) is 56.8 Å². The van der Waals surface area contributed by atoms with Gasteiger partial charge in [-0.05, 0) is 80.9 Å². The number of nitrogens with one attached hydrogen (secondary N) is 4. The lowest BCUT2D eigenvalue weighted by atomic mass is 10.1. The highest BCUT2D eigenvalue weighted by Gasteiger charge is 2.22. The molecular formula is C40H68BrClN8O3. The average molecular weight is 824 g/mol. The highest BCUT2D eigenvalue weighted by Crippen LogP contribution is 2.19. The molecular weight excluding hydrogens is 756 g/mol. The fourth-order valence-electron chi connectivity index (χ4n) is 4.23. The zero-order valence-corrected chi connectivity index (χ0v) is 36.2. The van der Waals surface area contributed by atoms with Crippen LogP contribution < -0.4 is 21.2 Å². The topological polar surface area (TPSA) is 148 Å². The van der Waals surface area contributed by atoms with E-state index >= 15 is 0 Å². The second-order valence-corrected chi connectivity index (χ2v) is 12.4. The lowest BCUT2D eigenvalue weighted by Crippen LogP contribution is -2.48.